The summed E-state index contributed by atoms with van der Waals surface area (Å²) in [4.78, 5) is 5.09. The normalized spacial score (nSPS) is 10.6. The van der Waals surface area contributed by atoms with E-state index >= 15 is 0 Å². The van der Waals surface area contributed by atoms with Gasteiger partial charge in [0.1, 0.15) is 0 Å². The molecule has 0 atom stereocenters. The molecule has 0 saturated heterocycles. The van der Waals surface area contributed by atoms with Crippen molar-refractivity contribution in [3.8, 4) is 0 Å². The fourth-order valence-electron chi connectivity index (χ4n) is 0.598. The lowest BCUT2D eigenvalue weighted by molar-refractivity contribution is 1.22. The summed E-state index contributed by atoms with van der Waals surface area (Å²) in [5.41, 5.74) is 0. The molecule has 1 radical (unpaired) electrons. The average molecular weight is 164 g/mol. The smallest absolute Gasteiger partial charge is 0.0407 e. The first-order chi connectivity index (χ1) is 5.43. The standard InChI is InChI=1S/C9H10NS/c1-2-3-7-11-9-5-4-6-10-8-9/h3,5-8H,2H2,1H3. The van der Waals surface area contributed by atoms with Gasteiger partial charge in [-0.25, -0.2) is 0 Å². The monoisotopic (exact) mass is 164 g/mol. The zero-order valence-electron chi connectivity index (χ0n) is 6.45. The van der Waals surface area contributed by atoms with E-state index in [-0.39, 0.29) is 0 Å². The van der Waals surface area contributed by atoms with E-state index in [1.54, 1.807) is 18.0 Å². The molecule has 0 N–H and O–H groups in total. The van der Waals surface area contributed by atoms with Crippen LogP contribution in [0.25, 0.3) is 0 Å². The first-order valence-corrected chi connectivity index (χ1v) is 4.44. The van der Waals surface area contributed by atoms with Gasteiger partial charge >= 0.3 is 0 Å². The van der Waals surface area contributed by atoms with Gasteiger partial charge < -0.3 is 0 Å². The molecule has 0 amide bonds. The zero-order valence-corrected chi connectivity index (χ0v) is 7.27. The highest BCUT2D eigenvalue weighted by Crippen LogP contribution is 2.16. The van der Waals surface area contributed by atoms with Crippen molar-refractivity contribution in [3.63, 3.8) is 0 Å². The van der Waals surface area contributed by atoms with E-state index < -0.39 is 0 Å². The summed E-state index contributed by atoms with van der Waals surface area (Å²) in [5, 5.41) is 2.07. The molecule has 2 heteroatoms. The molecule has 57 valence electrons. The maximum absolute atomic E-state index is 3.95. The van der Waals surface area contributed by atoms with Crippen LogP contribution < -0.4 is 0 Å². The highest BCUT2D eigenvalue weighted by Gasteiger charge is 1.85. The minimum Gasteiger partial charge on any atom is -0.263 e. The van der Waals surface area contributed by atoms with Gasteiger partial charge in [-0.1, -0.05) is 24.8 Å². The van der Waals surface area contributed by atoms with Crippen LogP contribution in [-0.2, 0) is 0 Å². The van der Waals surface area contributed by atoms with E-state index in [4.69, 9.17) is 0 Å². The van der Waals surface area contributed by atoms with Crippen LogP contribution in [0.15, 0.2) is 34.8 Å². The second-order valence-electron chi connectivity index (χ2n) is 2.02. The van der Waals surface area contributed by atoms with Gasteiger partial charge in [0.2, 0.25) is 0 Å². The number of pyridine rings is 1. The van der Waals surface area contributed by atoms with Crippen LogP contribution in [0.2, 0.25) is 0 Å². The van der Waals surface area contributed by atoms with Crippen LogP contribution in [0, 0.1) is 6.07 Å². The number of rotatable bonds is 3. The van der Waals surface area contributed by atoms with Crippen LogP contribution in [0.5, 0.6) is 0 Å². The molecular formula is C9H10NS. The molecule has 0 spiro atoms. The Morgan fingerprint density at radius 2 is 2.64 bits per heavy atom. The lowest BCUT2D eigenvalue weighted by atomic mass is 10.5. The largest absolute Gasteiger partial charge is 0.263 e. The van der Waals surface area contributed by atoms with E-state index in [0.29, 0.717) is 0 Å². The van der Waals surface area contributed by atoms with E-state index in [0.717, 1.165) is 11.3 Å². The molecule has 1 aromatic rings. The highest BCUT2D eigenvalue weighted by molar-refractivity contribution is 8.02. The molecule has 11 heavy (non-hydrogen) atoms. The number of aromatic nitrogens is 1. The topological polar surface area (TPSA) is 12.9 Å². The molecule has 1 nitrogen and oxygen atoms in total. The molecule has 0 unspecified atom stereocenters. The fraction of sp³-hybridized carbons (Fsp3) is 0.222. The molecule has 0 aromatic carbocycles. The summed E-state index contributed by atoms with van der Waals surface area (Å²) in [6, 6.07) is 4.85. The summed E-state index contributed by atoms with van der Waals surface area (Å²) in [6.07, 6.45) is 6.70. The van der Waals surface area contributed by atoms with Crippen molar-refractivity contribution in [1.29, 1.82) is 0 Å². The third-order valence-electron chi connectivity index (χ3n) is 1.11. The highest BCUT2D eigenvalue weighted by atomic mass is 32.2. The molecule has 0 saturated carbocycles. The summed E-state index contributed by atoms with van der Waals surface area (Å²) < 4.78 is 0. The van der Waals surface area contributed by atoms with Crippen LogP contribution in [0.1, 0.15) is 13.3 Å². The second-order valence-corrected chi connectivity index (χ2v) is 3.00. The Kier molecular flexibility index (Phi) is 3.76. The van der Waals surface area contributed by atoms with Gasteiger partial charge in [-0.05, 0) is 17.9 Å². The number of allylic oxidation sites excluding steroid dienone is 1. The Balaban J connectivity index is 2.45. The van der Waals surface area contributed by atoms with Crippen molar-refractivity contribution >= 4 is 11.8 Å². The van der Waals surface area contributed by atoms with Crippen molar-refractivity contribution in [2.24, 2.45) is 0 Å². The zero-order chi connectivity index (χ0) is 7.94. The first kappa shape index (κ1) is 8.34. The summed E-state index contributed by atoms with van der Waals surface area (Å²) in [6.45, 7) is 2.12. The third-order valence-corrected chi connectivity index (χ3v) is 1.94. The van der Waals surface area contributed by atoms with Crippen molar-refractivity contribution in [2.75, 3.05) is 0 Å². The van der Waals surface area contributed by atoms with Crippen molar-refractivity contribution in [3.05, 3.63) is 36.0 Å². The van der Waals surface area contributed by atoms with Crippen LogP contribution in [0.3, 0.4) is 0 Å². The van der Waals surface area contributed by atoms with Crippen molar-refractivity contribution < 1.29 is 0 Å². The number of hydrogen-bond acceptors (Lipinski definition) is 2. The molecular weight excluding hydrogens is 154 g/mol. The minimum atomic E-state index is 1.08. The maximum atomic E-state index is 3.95. The molecule has 0 aliphatic heterocycles. The lowest BCUT2D eigenvalue weighted by Crippen LogP contribution is -1.70. The Labute approximate surface area is 71.5 Å². The predicted molar refractivity (Wildman–Crippen MR) is 48.4 cm³/mol. The second kappa shape index (κ2) is 4.97. The fourth-order valence-corrected chi connectivity index (χ4v) is 1.30. The van der Waals surface area contributed by atoms with Gasteiger partial charge in [0.15, 0.2) is 0 Å². The molecule has 1 aromatic heterocycles. The molecule has 0 bridgehead atoms. The van der Waals surface area contributed by atoms with Crippen molar-refractivity contribution in [1.82, 2.24) is 4.98 Å². The first-order valence-electron chi connectivity index (χ1n) is 3.56. The SMILES string of the molecule is CCC=CSc1c[c]cnc1. The molecule has 1 heterocycles. The van der Waals surface area contributed by atoms with Gasteiger partial charge in [-0.3, -0.25) is 4.98 Å². The van der Waals surface area contributed by atoms with Crippen LogP contribution in [-0.4, -0.2) is 4.98 Å². The van der Waals surface area contributed by atoms with E-state index in [9.17, 15) is 0 Å². The summed E-state index contributed by atoms with van der Waals surface area (Å²) >= 11 is 1.67. The van der Waals surface area contributed by atoms with Gasteiger partial charge in [-0.2, -0.15) is 0 Å². The Morgan fingerprint density at radius 1 is 1.73 bits per heavy atom. The van der Waals surface area contributed by atoms with E-state index in [1.165, 1.54) is 0 Å². The average Bonchev–Trinajstić information content (AvgIpc) is 2.07. The maximum Gasteiger partial charge on any atom is 0.0407 e. The summed E-state index contributed by atoms with van der Waals surface area (Å²) in [7, 11) is 0. The van der Waals surface area contributed by atoms with Gasteiger partial charge in [0.05, 0.1) is 0 Å². The minimum absolute atomic E-state index is 1.08. The predicted octanol–water partition coefficient (Wildman–Crippen LogP) is 2.90. The van der Waals surface area contributed by atoms with E-state index in [2.05, 4.69) is 29.5 Å². The lowest BCUT2D eigenvalue weighted by Gasteiger charge is -1.91. The Bertz CT molecular complexity index is 218. The quantitative estimate of drug-likeness (QED) is 0.637. The number of thioether (sulfide) groups is 1. The molecule has 0 aliphatic carbocycles. The third kappa shape index (κ3) is 3.23. The van der Waals surface area contributed by atoms with E-state index in [1.807, 2.05) is 12.3 Å². The van der Waals surface area contributed by atoms with Gasteiger partial charge in [0.25, 0.3) is 0 Å². The van der Waals surface area contributed by atoms with Crippen molar-refractivity contribution in [2.45, 2.75) is 18.2 Å². The number of nitrogens with zero attached hydrogens (tertiary/aromatic N) is 1. The number of hydrogen-bond donors (Lipinski definition) is 0. The Hall–Kier alpha value is -0.760. The Morgan fingerprint density at radius 3 is 3.27 bits per heavy atom. The molecule has 1 rings (SSSR count). The molecule has 0 aliphatic rings. The van der Waals surface area contributed by atoms with Gasteiger partial charge in [0, 0.05) is 23.4 Å². The van der Waals surface area contributed by atoms with Crippen LogP contribution >= 0.6 is 11.8 Å². The summed E-state index contributed by atoms with van der Waals surface area (Å²) in [5.74, 6) is 0. The van der Waals surface area contributed by atoms with Gasteiger partial charge in [-0.15, -0.1) is 0 Å². The molecule has 0 fully saturated rings. The van der Waals surface area contributed by atoms with Crippen LogP contribution in [0.4, 0.5) is 0 Å².